The summed E-state index contributed by atoms with van der Waals surface area (Å²) in [5, 5.41) is 11.9. The van der Waals surface area contributed by atoms with Gasteiger partial charge in [0.25, 0.3) is 5.91 Å². The highest BCUT2D eigenvalue weighted by molar-refractivity contribution is 9.10. The van der Waals surface area contributed by atoms with Gasteiger partial charge in [0.2, 0.25) is 0 Å². The van der Waals surface area contributed by atoms with Crippen LogP contribution in [0.5, 0.6) is 17.2 Å². The van der Waals surface area contributed by atoms with Crippen molar-refractivity contribution < 1.29 is 28.5 Å². The zero-order chi connectivity index (χ0) is 24.9. The number of nitriles is 1. The Kier molecular flexibility index (Phi) is 10.8. The van der Waals surface area contributed by atoms with Crippen molar-refractivity contribution in [2.24, 2.45) is 0 Å². The molecule has 0 unspecified atom stereocenters. The van der Waals surface area contributed by atoms with Crippen molar-refractivity contribution in [1.29, 1.82) is 5.26 Å². The topological polar surface area (TPSA) is 107 Å². The summed E-state index contributed by atoms with van der Waals surface area (Å²) in [6.45, 7) is 2.99. The van der Waals surface area contributed by atoms with Crippen molar-refractivity contribution in [3.8, 4) is 23.3 Å². The van der Waals surface area contributed by atoms with Crippen LogP contribution in [-0.2, 0) is 14.3 Å². The fourth-order valence-corrected chi connectivity index (χ4v) is 3.15. The van der Waals surface area contributed by atoms with Gasteiger partial charge in [0, 0.05) is 29.8 Å². The van der Waals surface area contributed by atoms with E-state index in [0.29, 0.717) is 30.1 Å². The minimum atomic E-state index is -0.612. The average molecular weight is 529 g/mol. The van der Waals surface area contributed by atoms with E-state index in [-0.39, 0.29) is 23.6 Å². The first kappa shape index (κ1) is 26.6. The largest absolute Gasteiger partial charge is 0.493 e. The number of carbonyl (C=O) groups excluding carboxylic acids is 2. The molecule has 2 rings (SSSR count). The van der Waals surface area contributed by atoms with Gasteiger partial charge < -0.3 is 24.3 Å². The van der Waals surface area contributed by atoms with E-state index in [1.807, 2.05) is 25.1 Å². The Labute approximate surface area is 206 Å². The van der Waals surface area contributed by atoms with Gasteiger partial charge in [0.1, 0.15) is 17.4 Å². The van der Waals surface area contributed by atoms with Crippen LogP contribution in [0.25, 0.3) is 12.2 Å². The first-order valence-corrected chi connectivity index (χ1v) is 11.1. The van der Waals surface area contributed by atoms with E-state index in [0.717, 1.165) is 4.47 Å². The van der Waals surface area contributed by atoms with E-state index < -0.39 is 11.9 Å². The molecule has 0 aromatic heterocycles. The number of hydrogen-bond acceptors (Lipinski definition) is 7. The van der Waals surface area contributed by atoms with Gasteiger partial charge in [-0.1, -0.05) is 22.0 Å². The first-order chi connectivity index (χ1) is 16.4. The molecule has 0 spiro atoms. The summed E-state index contributed by atoms with van der Waals surface area (Å²) < 4.78 is 22.0. The zero-order valence-corrected chi connectivity index (χ0v) is 20.7. The lowest BCUT2D eigenvalue weighted by Crippen LogP contribution is -2.27. The molecule has 0 fully saturated rings. The second kappa shape index (κ2) is 13.8. The number of amides is 1. The number of halogens is 1. The fourth-order valence-electron chi connectivity index (χ4n) is 2.77. The summed E-state index contributed by atoms with van der Waals surface area (Å²) in [6, 6.07) is 12.1. The molecular weight excluding hydrogens is 504 g/mol. The third kappa shape index (κ3) is 8.06. The number of benzene rings is 2. The lowest BCUT2D eigenvalue weighted by molar-refractivity contribution is -0.129. The smallest absolute Gasteiger partial charge is 0.336 e. The molecule has 0 aliphatic heterocycles. The number of carbonyl (C=O) groups is 2. The van der Waals surface area contributed by atoms with Crippen LogP contribution in [-0.4, -0.2) is 45.9 Å². The van der Waals surface area contributed by atoms with Crippen molar-refractivity contribution in [1.82, 2.24) is 5.32 Å². The van der Waals surface area contributed by atoms with E-state index in [2.05, 4.69) is 21.2 Å². The number of hydrogen-bond donors (Lipinski definition) is 1. The second-order valence-corrected chi connectivity index (χ2v) is 7.61. The Morgan fingerprint density at radius 3 is 2.56 bits per heavy atom. The Bertz CT molecular complexity index is 1120. The van der Waals surface area contributed by atoms with Gasteiger partial charge >= 0.3 is 5.97 Å². The third-order valence-corrected chi connectivity index (χ3v) is 4.83. The molecule has 34 heavy (non-hydrogen) atoms. The van der Waals surface area contributed by atoms with E-state index in [4.69, 9.17) is 18.9 Å². The van der Waals surface area contributed by atoms with Gasteiger partial charge in [-0.15, -0.1) is 0 Å². The molecule has 1 amide bonds. The van der Waals surface area contributed by atoms with Gasteiger partial charge in [-0.2, -0.15) is 5.26 Å². The lowest BCUT2D eigenvalue weighted by Gasteiger charge is -2.10. The van der Waals surface area contributed by atoms with Gasteiger partial charge in [0.15, 0.2) is 11.5 Å². The van der Waals surface area contributed by atoms with Crippen LogP contribution in [0.4, 0.5) is 0 Å². The maximum atomic E-state index is 12.4. The van der Waals surface area contributed by atoms with Crippen molar-refractivity contribution in [3.05, 3.63) is 63.6 Å². The molecule has 9 heteroatoms. The molecule has 0 saturated heterocycles. The maximum absolute atomic E-state index is 12.4. The molecule has 0 heterocycles. The number of nitrogens with zero attached hydrogens (tertiary/aromatic N) is 1. The molecule has 2 aromatic rings. The Morgan fingerprint density at radius 2 is 1.88 bits per heavy atom. The molecule has 0 saturated carbocycles. The standard InChI is InChI=1S/C25H25BrN2O6/c1-4-33-21-9-7-20(26)15-18(21)6-10-24(29)34-22-8-5-17(14-23(22)32-3)13-19(16-27)25(30)28-11-12-31-2/h5-10,13-15H,4,11-12H2,1-3H3,(H,28,30)/b10-6+,19-13+. The Hall–Kier alpha value is -3.61. The second-order valence-electron chi connectivity index (χ2n) is 6.70. The Balaban J connectivity index is 2.16. The average Bonchev–Trinajstić information content (AvgIpc) is 2.83. The van der Waals surface area contributed by atoms with E-state index in [1.165, 1.54) is 32.4 Å². The molecule has 0 aliphatic rings. The predicted molar refractivity (Wildman–Crippen MR) is 131 cm³/mol. The SMILES string of the molecule is CCOc1ccc(Br)cc1/C=C/C(=O)Oc1ccc(/C=C(\C#N)C(=O)NCCOC)cc1OC. The summed E-state index contributed by atoms with van der Waals surface area (Å²) in [4.78, 5) is 24.5. The van der Waals surface area contributed by atoms with Crippen LogP contribution >= 0.6 is 15.9 Å². The summed E-state index contributed by atoms with van der Waals surface area (Å²) in [5.41, 5.74) is 1.17. The van der Waals surface area contributed by atoms with Gasteiger partial charge in [-0.3, -0.25) is 4.79 Å². The lowest BCUT2D eigenvalue weighted by atomic mass is 10.1. The molecule has 1 N–H and O–H groups in total. The van der Waals surface area contributed by atoms with Crippen LogP contribution < -0.4 is 19.5 Å². The summed E-state index contributed by atoms with van der Waals surface area (Å²) in [7, 11) is 2.94. The van der Waals surface area contributed by atoms with Crippen LogP contribution in [0.3, 0.4) is 0 Å². The van der Waals surface area contributed by atoms with Crippen LogP contribution in [0.1, 0.15) is 18.1 Å². The molecule has 0 atom stereocenters. The first-order valence-electron chi connectivity index (χ1n) is 10.3. The number of ether oxygens (including phenoxy) is 4. The normalized spacial score (nSPS) is 11.1. The number of rotatable bonds is 11. The van der Waals surface area contributed by atoms with E-state index in [9.17, 15) is 14.9 Å². The molecule has 0 radical (unpaired) electrons. The van der Waals surface area contributed by atoms with Crippen LogP contribution in [0.2, 0.25) is 0 Å². The van der Waals surface area contributed by atoms with Crippen LogP contribution in [0.15, 0.2) is 52.5 Å². The van der Waals surface area contributed by atoms with Gasteiger partial charge in [-0.25, -0.2) is 4.79 Å². The number of esters is 1. The van der Waals surface area contributed by atoms with Crippen LogP contribution in [0, 0.1) is 11.3 Å². The van der Waals surface area contributed by atoms with Gasteiger partial charge in [0.05, 0.1) is 20.3 Å². The minimum absolute atomic E-state index is 0.0787. The highest BCUT2D eigenvalue weighted by atomic mass is 79.9. The van der Waals surface area contributed by atoms with Crippen molar-refractivity contribution in [2.75, 3.05) is 34.0 Å². The van der Waals surface area contributed by atoms with Gasteiger partial charge in [-0.05, 0) is 55.0 Å². The van der Waals surface area contributed by atoms with Crippen molar-refractivity contribution >= 4 is 40.0 Å². The monoisotopic (exact) mass is 528 g/mol. The Morgan fingerprint density at radius 1 is 1.12 bits per heavy atom. The molecule has 178 valence electrons. The zero-order valence-electron chi connectivity index (χ0n) is 19.1. The highest BCUT2D eigenvalue weighted by Crippen LogP contribution is 2.30. The molecule has 2 aromatic carbocycles. The summed E-state index contributed by atoms with van der Waals surface area (Å²) in [6.07, 6.45) is 4.30. The van der Waals surface area contributed by atoms with E-state index >= 15 is 0 Å². The fraction of sp³-hybridized carbons (Fsp3) is 0.240. The molecule has 8 nitrogen and oxygen atoms in total. The summed E-state index contributed by atoms with van der Waals surface area (Å²) >= 11 is 3.40. The molecule has 0 aliphatic carbocycles. The third-order valence-electron chi connectivity index (χ3n) is 4.34. The highest BCUT2D eigenvalue weighted by Gasteiger charge is 2.12. The minimum Gasteiger partial charge on any atom is -0.493 e. The maximum Gasteiger partial charge on any atom is 0.336 e. The molecular formula is C25H25BrN2O6. The van der Waals surface area contributed by atoms with Crippen molar-refractivity contribution in [3.63, 3.8) is 0 Å². The van der Waals surface area contributed by atoms with E-state index in [1.54, 1.807) is 24.3 Å². The molecule has 0 bridgehead atoms. The summed E-state index contributed by atoms with van der Waals surface area (Å²) in [5.74, 6) is -0.0259. The number of nitrogens with one attached hydrogen (secondary N) is 1. The van der Waals surface area contributed by atoms with Crippen molar-refractivity contribution in [2.45, 2.75) is 6.92 Å². The predicted octanol–water partition coefficient (Wildman–Crippen LogP) is 4.14. The quantitative estimate of drug-likeness (QED) is 0.153. The number of methoxy groups -OCH3 is 2.